The average Bonchev–Trinajstić information content (AvgIpc) is 3.17. The summed E-state index contributed by atoms with van der Waals surface area (Å²) in [4.78, 5) is 25.3. The molecule has 0 aromatic carbocycles. The molecule has 0 aromatic rings. The lowest BCUT2D eigenvalue weighted by Crippen LogP contribution is -2.59. The Kier molecular flexibility index (Phi) is 33.1. The number of aliphatic hydroxyl groups excluding tert-OH is 4. The van der Waals surface area contributed by atoms with Crippen LogP contribution in [0.15, 0.2) is 24.3 Å². The van der Waals surface area contributed by atoms with Crippen LogP contribution in [0.25, 0.3) is 0 Å². The van der Waals surface area contributed by atoms with Crippen molar-refractivity contribution in [2.45, 2.75) is 224 Å². The molecule has 0 aliphatic carbocycles. The van der Waals surface area contributed by atoms with E-state index in [1.807, 2.05) is 0 Å². The Morgan fingerprint density at radius 1 is 0.556 bits per heavy atom. The highest BCUT2D eigenvalue weighted by molar-refractivity contribution is 5.70. The number of carbonyl (C=O) groups excluding carboxylic acids is 2. The number of hydrogen-bond acceptors (Lipinski definition) is 10. The zero-order chi connectivity index (χ0) is 39.5. The van der Waals surface area contributed by atoms with Crippen molar-refractivity contribution in [1.82, 2.24) is 0 Å². The first-order valence-corrected chi connectivity index (χ1v) is 21.9. The van der Waals surface area contributed by atoms with Gasteiger partial charge in [-0.1, -0.05) is 134 Å². The van der Waals surface area contributed by atoms with Crippen LogP contribution in [0.5, 0.6) is 0 Å². The van der Waals surface area contributed by atoms with Crippen LogP contribution in [0.1, 0.15) is 187 Å². The Morgan fingerprint density at radius 2 is 0.981 bits per heavy atom. The lowest BCUT2D eigenvalue weighted by atomic mass is 9.99. The van der Waals surface area contributed by atoms with E-state index in [1.165, 1.54) is 83.5 Å². The molecule has 0 spiro atoms. The van der Waals surface area contributed by atoms with Crippen molar-refractivity contribution >= 4 is 11.9 Å². The second kappa shape index (κ2) is 35.6. The largest absolute Gasteiger partial charge is 0.462 e. The van der Waals surface area contributed by atoms with Gasteiger partial charge < -0.3 is 39.4 Å². The van der Waals surface area contributed by atoms with Crippen molar-refractivity contribution in [3.05, 3.63) is 24.3 Å². The van der Waals surface area contributed by atoms with Crippen LogP contribution in [0.3, 0.4) is 0 Å². The second-order valence-electron chi connectivity index (χ2n) is 15.1. The Morgan fingerprint density at radius 3 is 1.48 bits per heavy atom. The van der Waals surface area contributed by atoms with E-state index in [1.54, 1.807) is 0 Å². The van der Waals surface area contributed by atoms with Crippen LogP contribution in [0.4, 0.5) is 0 Å². The molecule has 10 nitrogen and oxygen atoms in total. The molecule has 1 aliphatic rings. The molecular weight excluding hydrogens is 688 g/mol. The zero-order valence-electron chi connectivity index (χ0n) is 34.2. The van der Waals surface area contributed by atoms with Gasteiger partial charge in [0.25, 0.3) is 0 Å². The molecule has 1 saturated heterocycles. The average molecular weight is 769 g/mol. The molecule has 1 rings (SSSR count). The molecule has 1 aliphatic heterocycles. The molecular formula is C44H80O10. The van der Waals surface area contributed by atoms with E-state index in [4.69, 9.17) is 18.9 Å². The summed E-state index contributed by atoms with van der Waals surface area (Å²) in [7, 11) is 0. The molecule has 0 bridgehead atoms. The minimum atomic E-state index is -1.59. The lowest BCUT2D eigenvalue weighted by molar-refractivity contribution is -0.305. The highest BCUT2D eigenvalue weighted by Gasteiger charge is 2.44. The zero-order valence-corrected chi connectivity index (χ0v) is 34.2. The van der Waals surface area contributed by atoms with Crippen molar-refractivity contribution in [2.24, 2.45) is 0 Å². The molecule has 54 heavy (non-hydrogen) atoms. The Balaban J connectivity index is 2.34. The second-order valence-corrected chi connectivity index (χ2v) is 15.1. The first kappa shape index (κ1) is 50.2. The molecule has 6 atom stereocenters. The number of ether oxygens (including phenoxy) is 4. The molecule has 4 N–H and O–H groups in total. The van der Waals surface area contributed by atoms with E-state index in [0.29, 0.717) is 12.8 Å². The summed E-state index contributed by atoms with van der Waals surface area (Å²) in [6.07, 6.45) is 30.4. The molecule has 1 heterocycles. The van der Waals surface area contributed by atoms with Crippen molar-refractivity contribution in [2.75, 3.05) is 19.8 Å². The first-order chi connectivity index (χ1) is 26.3. The maximum absolute atomic E-state index is 12.7. The third kappa shape index (κ3) is 26.9. The Hall–Kier alpha value is -1.82. The highest BCUT2D eigenvalue weighted by atomic mass is 16.7. The van der Waals surface area contributed by atoms with Gasteiger partial charge in [0.1, 0.15) is 31.0 Å². The summed E-state index contributed by atoms with van der Waals surface area (Å²) in [5.74, 6) is -0.819. The first-order valence-electron chi connectivity index (χ1n) is 21.9. The quantitative estimate of drug-likeness (QED) is 0.0276. The molecule has 10 heteroatoms. The standard InChI is InChI=1S/C44H80O10/c1-3-5-7-9-11-13-15-17-18-19-20-21-23-25-27-29-31-33-40(47)53-37(36-52-44-43(50)42(49)41(48)38(34-45)54-44)35-51-39(46)32-30-28-26-24-22-16-14-12-10-8-6-4-2/h12,14,17-18,37-38,41-45,48-50H,3-11,13,15-16,19-36H2,1-2H3/b14-12+,18-17+/t37-,38-,41+,42?,43?,44-/m1/s1. The molecule has 1 fully saturated rings. The van der Waals surface area contributed by atoms with Gasteiger partial charge in [0.15, 0.2) is 12.4 Å². The lowest BCUT2D eigenvalue weighted by Gasteiger charge is -2.39. The molecule has 0 saturated carbocycles. The van der Waals surface area contributed by atoms with Crippen LogP contribution in [0, 0.1) is 0 Å². The van der Waals surface area contributed by atoms with Crippen molar-refractivity contribution in [3.63, 3.8) is 0 Å². The molecule has 2 unspecified atom stereocenters. The number of unbranched alkanes of at least 4 members (excludes halogenated alkanes) is 21. The van der Waals surface area contributed by atoms with E-state index < -0.39 is 49.4 Å². The topological polar surface area (TPSA) is 152 Å². The normalized spacial score (nSPS) is 20.9. The van der Waals surface area contributed by atoms with Gasteiger partial charge in [-0.05, 0) is 64.2 Å². The number of allylic oxidation sites excluding steroid dienone is 4. The van der Waals surface area contributed by atoms with E-state index >= 15 is 0 Å². The number of rotatable bonds is 36. The smallest absolute Gasteiger partial charge is 0.306 e. The highest BCUT2D eigenvalue weighted by Crippen LogP contribution is 2.22. The van der Waals surface area contributed by atoms with Crippen molar-refractivity contribution in [1.29, 1.82) is 0 Å². The summed E-state index contributed by atoms with van der Waals surface area (Å²) in [5.41, 5.74) is 0. The Labute approximate surface area is 328 Å². The maximum Gasteiger partial charge on any atom is 0.306 e. The summed E-state index contributed by atoms with van der Waals surface area (Å²) in [6.45, 7) is 3.38. The van der Waals surface area contributed by atoms with Gasteiger partial charge in [-0.25, -0.2) is 0 Å². The van der Waals surface area contributed by atoms with Gasteiger partial charge in [-0.3, -0.25) is 9.59 Å². The van der Waals surface area contributed by atoms with Crippen LogP contribution < -0.4 is 0 Å². The van der Waals surface area contributed by atoms with Gasteiger partial charge in [0, 0.05) is 12.8 Å². The molecule has 316 valence electrons. The summed E-state index contributed by atoms with van der Waals surface area (Å²) >= 11 is 0. The SMILES string of the molecule is CCCCC/C=C/CCCCCCCC(=O)OC[C@H](CO[C@@H]1O[C@H](CO)[C@H](O)C(O)C1O)OC(=O)CCCCCCCCC/C=C/CCCCCCCC. The molecule has 0 amide bonds. The summed E-state index contributed by atoms with van der Waals surface area (Å²) in [5, 5.41) is 40.0. The molecule has 0 radical (unpaired) electrons. The van der Waals surface area contributed by atoms with E-state index in [0.717, 1.165) is 64.2 Å². The fraction of sp³-hybridized carbons (Fsp3) is 0.864. The molecule has 0 aromatic heterocycles. The van der Waals surface area contributed by atoms with Gasteiger partial charge in [-0.15, -0.1) is 0 Å². The minimum absolute atomic E-state index is 0.221. The third-order valence-electron chi connectivity index (χ3n) is 10.1. The monoisotopic (exact) mass is 769 g/mol. The summed E-state index contributed by atoms with van der Waals surface area (Å²) < 4.78 is 22.1. The minimum Gasteiger partial charge on any atom is -0.462 e. The Bertz CT molecular complexity index is 938. The van der Waals surface area contributed by atoms with Crippen LogP contribution in [-0.2, 0) is 28.5 Å². The summed E-state index contributed by atoms with van der Waals surface area (Å²) in [6, 6.07) is 0. The fourth-order valence-electron chi connectivity index (χ4n) is 6.53. The fourth-order valence-corrected chi connectivity index (χ4v) is 6.53. The predicted octanol–water partition coefficient (Wildman–Crippen LogP) is 8.94. The van der Waals surface area contributed by atoms with Gasteiger partial charge >= 0.3 is 11.9 Å². The van der Waals surface area contributed by atoms with E-state index in [9.17, 15) is 30.0 Å². The van der Waals surface area contributed by atoms with Gasteiger partial charge in [0.2, 0.25) is 0 Å². The predicted molar refractivity (Wildman–Crippen MR) is 215 cm³/mol. The number of carbonyl (C=O) groups is 2. The number of esters is 2. The van der Waals surface area contributed by atoms with E-state index in [2.05, 4.69) is 38.2 Å². The third-order valence-corrected chi connectivity index (χ3v) is 10.1. The van der Waals surface area contributed by atoms with Crippen molar-refractivity contribution in [3.8, 4) is 0 Å². The number of aliphatic hydroxyl groups is 4. The van der Waals surface area contributed by atoms with Gasteiger partial charge in [-0.2, -0.15) is 0 Å². The van der Waals surface area contributed by atoms with Crippen LogP contribution in [0.2, 0.25) is 0 Å². The van der Waals surface area contributed by atoms with Crippen molar-refractivity contribution < 1.29 is 49.0 Å². The van der Waals surface area contributed by atoms with Crippen LogP contribution >= 0.6 is 0 Å². The maximum atomic E-state index is 12.7. The van der Waals surface area contributed by atoms with Gasteiger partial charge in [0.05, 0.1) is 13.2 Å². The van der Waals surface area contributed by atoms with Crippen LogP contribution in [-0.4, -0.2) is 89.0 Å². The van der Waals surface area contributed by atoms with E-state index in [-0.39, 0.29) is 32.0 Å². The number of hydrogen-bond donors (Lipinski definition) is 4.